The number of esters is 1. The van der Waals surface area contributed by atoms with Crippen molar-refractivity contribution < 1.29 is 23.9 Å². The maximum atomic E-state index is 12.3. The lowest BCUT2D eigenvalue weighted by Gasteiger charge is -2.13. The molecule has 2 rings (SSSR count). The van der Waals surface area contributed by atoms with E-state index in [-0.39, 0.29) is 16.4 Å². The van der Waals surface area contributed by atoms with E-state index in [2.05, 4.69) is 5.32 Å². The predicted molar refractivity (Wildman–Crippen MR) is 102 cm³/mol. The minimum absolute atomic E-state index is 0.163. The summed E-state index contributed by atoms with van der Waals surface area (Å²) in [5.41, 5.74) is 0.560. The predicted octanol–water partition coefficient (Wildman–Crippen LogP) is 3.55. The summed E-state index contributed by atoms with van der Waals surface area (Å²) in [6, 6.07) is 10.8. The molecule has 0 fully saturated rings. The van der Waals surface area contributed by atoms with E-state index in [9.17, 15) is 14.4 Å². The summed E-state index contributed by atoms with van der Waals surface area (Å²) in [5.74, 6) is -1.05. The molecule has 0 aliphatic carbocycles. The fraction of sp³-hybridized carbons (Fsp3) is 0.211. The van der Waals surface area contributed by atoms with Gasteiger partial charge in [-0.15, -0.1) is 0 Å². The van der Waals surface area contributed by atoms with Crippen LogP contribution in [0.5, 0.6) is 5.75 Å². The van der Waals surface area contributed by atoms with Gasteiger partial charge < -0.3 is 14.8 Å². The van der Waals surface area contributed by atoms with Crippen LogP contribution in [0.2, 0.25) is 10.0 Å². The van der Waals surface area contributed by atoms with Crippen molar-refractivity contribution in [1.82, 2.24) is 5.32 Å². The average Bonchev–Trinajstić information content (AvgIpc) is 2.65. The van der Waals surface area contributed by atoms with Crippen LogP contribution < -0.4 is 10.1 Å². The molecule has 2 aromatic carbocycles. The van der Waals surface area contributed by atoms with Gasteiger partial charge in [0.15, 0.2) is 6.10 Å². The first kappa shape index (κ1) is 20.7. The molecule has 0 aliphatic heterocycles. The molecule has 0 aliphatic rings. The number of hydrogen-bond donors (Lipinski definition) is 1. The van der Waals surface area contributed by atoms with Crippen molar-refractivity contribution in [2.75, 3.05) is 13.7 Å². The van der Waals surface area contributed by atoms with Gasteiger partial charge in [0, 0.05) is 10.6 Å². The van der Waals surface area contributed by atoms with Crippen LogP contribution in [0.1, 0.15) is 27.6 Å². The van der Waals surface area contributed by atoms with Gasteiger partial charge in [-0.3, -0.25) is 14.4 Å². The number of rotatable bonds is 7. The molecule has 2 aromatic rings. The van der Waals surface area contributed by atoms with E-state index in [1.807, 2.05) is 0 Å². The lowest BCUT2D eigenvalue weighted by molar-refractivity contribution is -0.145. The number of ether oxygens (including phenoxy) is 2. The summed E-state index contributed by atoms with van der Waals surface area (Å²) in [7, 11) is 1.52. The Hall–Kier alpha value is -2.57. The largest absolute Gasteiger partial charge is 0.497 e. The normalized spacial score (nSPS) is 11.4. The van der Waals surface area contributed by atoms with Gasteiger partial charge >= 0.3 is 5.97 Å². The van der Waals surface area contributed by atoms with Crippen molar-refractivity contribution in [2.24, 2.45) is 0 Å². The number of carbonyl (C=O) groups excluding carboxylic acids is 3. The number of benzene rings is 2. The van der Waals surface area contributed by atoms with Gasteiger partial charge in [-0.25, -0.2) is 0 Å². The Kier molecular flexibility index (Phi) is 7.21. The maximum absolute atomic E-state index is 12.3. The number of halogens is 2. The summed E-state index contributed by atoms with van der Waals surface area (Å²) in [5, 5.41) is 2.94. The molecule has 0 aromatic heterocycles. The van der Waals surface area contributed by atoms with Gasteiger partial charge in [0.25, 0.3) is 5.91 Å². The molecule has 0 spiro atoms. The number of Topliss-reactive ketones (excluding diaryl/α,β-unsaturated/α-hetero) is 1. The zero-order valence-electron chi connectivity index (χ0n) is 14.6. The van der Waals surface area contributed by atoms with E-state index in [1.54, 1.807) is 24.3 Å². The smallest absolute Gasteiger partial charge is 0.326 e. The van der Waals surface area contributed by atoms with Crippen molar-refractivity contribution in [3.05, 3.63) is 63.6 Å². The van der Waals surface area contributed by atoms with E-state index in [0.717, 1.165) is 0 Å². The van der Waals surface area contributed by atoms with Crippen LogP contribution in [0.15, 0.2) is 42.5 Å². The lowest BCUT2D eigenvalue weighted by Crippen LogP contribution is -2.34. The van der Waals surface area contributed by atoms with Gasteiger partial charge in [-0.1, -0.05) is 23.2 Å². The average molecular weight is 410 g/mol. The molecule has 142 valence electrons. The Morgan fingerprint density at radius 3 is 2.33 bits per heavy atom. The number of amides is 1. The second kappa shape index (κ2) is 9.39. The third kappa shape index (κ3) is 5.70. The Morgan fingerprint density at radius 1 is 1.07 bits per heavy atom. The standard InChI is InChI=1S/C19H17Cl2NO5/c1-11(18(24)12-3-6-14(26-2)7-4-12)27-17(23)10-22-19(25)15-8-5-13(20)9-16(15)21/h3-9,11H,10H2,1-2H3,(H,22,25)/t11-/m0/s1. The Labute approximate surface area is 166 Å². The zero-order valence-corrected chi connectivity index (χ0v) is 16.1. The molecular weight excluding hydrogens is 393 g/mol. The number of carbonyl (C=O) groups is 3. The molecule has 0 saturated carbocycles. The SMILES string of the molecule is COc1ccc(C(=O)[C@H](C)OC(=O)CNC(=O)c2ccc(Cl)cc2Cl)cc1. The lowest BCUT2D eigenvalue weighted by atomic mass is 10.1. The summed E-state index contributed by atoms with van der Waals surface area (Å²) in [6.07, 6.45) is -0.998. The summed E-state index contributed by atoms with van der Waals surface area (Å²) in [4.78, 5) is 36.2. The topological polar surface area (TPSA) is 81.7 Å². The summed E-state index contributed by atoms with van der Waals surface area (Å²) in [6.45, 7) is 1.06. The highest BCUT2D eigenvalue weighted by Gasteiger charge is 2.20. The van der Waals surface area contributed by atoms with Crippen LogP contribution in [0.4, 0.5) is 0 Å². The van der Waals surface area contributed by atoms with Gasteiger partial charge in [0.1, 0.15) is 12.3 Å². The fourth-order valence-electron chi connectivity index (χ4n) is 2.20. The van der Waals surface area contributed by atoms with Gasteiger partial charge in [0.05, 0.1) is 17.7 Å². The van der Waals surface area contributed by atoms with Gasteiger partial charge in [-0.2, -0.15) is 0 Å². The fourth-order valence-corrected chi connectivity index (χ4v) is 2.70. The molecule has 6 nitrogen and oxygen atoms in total. The number of nitrogens with one attached hydrogen (secondary N) is 1. The molecule has 0 saturated heterocycles. The van der Waals surface area contributed by atoms with Crippen molar-refractivity contribution in [3.8, 4) is 5.75 Å². The summed E-state index contributed by atoms with van der Waals surface area (Å²) < 4.78 is 10.1. The van der Waals surface area contributed by atoms with E-state index >= 15 is 0 Å². The molecule has 1 N–H and O–H groups in total. The van der Waals surface area contributed by atoms with Gasteiger partial charge in [-0.05, 0) is 49.4 Å². The van der Waals surface area contributed by atoms with E-state index < -0.39 is 24.5 Å². The monoisotopic (exact) mass is 409 g/mol. The Balaban J connectivity index is 1.88. The van der Waals surface area contributed by atoms with Crippen LogP contribution in [0, 0.1) is 0 Å². The highest BCUT2D eigenvalue weighted by Crippen LogP contribution is 2.20. The van der Waals surface area contributed by atoms with Crippen LogP contribution in [-0.2, 0) is 9.53 Å². The van der Waals surface area contributed by atoms with Crippen LogP contribution >= 0.6 is 23.2 Å². The minimum atomic E-state index is -0.998. The summed E-state index contributed by atoms with van der Waals surface area (Å²) >= 11 is 11.7. The molecular formula is C19H17Cl2NO5. The van der Waals surface area contributed by atoms with Gasteiger partial charge in [0.2, 0.25) is 5.78 Å². The highest BCUT2D eigenvalue weighted by molar-refractivity contribution is 6.36. The second-order valence-corrected chi connectivity index (χ2v) is 6.38. The van der Waals surface area contributed by atoms with Crippen molar-refractivity contribution >= 4 is 40.9 Å². The Morgan fingerprint density at radius 2 is 1.74 bits per heavy atom. The minimum Gasteiger partial charge on any atom is -0.497 e. The molecule has 1 atom stereocenters. The molecule has 27 heavy (non-hydrogen) atoms. The maximum Gasteiger partial charge on any atom is 0.326 e. The van der Waals surface area contributed by atoms with E-state index in [0.29, 0.717) is 16.3 Å². The first-order valence-corrected chi connectivity index (χ1v) is 8.68. The highest BCUT2D eigenvalue weighted by atomic mass is 35.5. The molecule has 8 heteroatoms. The quantitative estimate of drug-likeness (QED) is 0.558. The van der Waals surface area contributed by atoms with Crippen molar-refractivity contribution in [2.45, 2.75) is 13.0 Å². The first-order chi connectivity index (χ1) is 12.8. The van der Waals surface area contributed by atoms with E-state index in [4.69, 9.17) is 32.7 Å². The van der Waals surface area contributed by atoms with Crippen molar-refractivity contribution in [1.29, 1.82) is 0 Å². The van der Waals surface area contributed by atoms with E-state index in [1.165, 1.54) is 32.2 Å². The van der Waals surface area contributed by atoms with Crippen molar-refractivity contribution in [3.63, 3.8) is 0 Å². The second-order valence-electron chi connectivity index (χ2n) is 5.53. The Bertz CT molecular complexity index is 852. The van der Waals surface area contributed by atoms with Crippen LogP contribution in [0.3, 0.4) is 0 Å². The number of methoxy groups -OCH3 is 1. The molecule has 1 amide bonds. The molecule has 0 heterocycles. The third-order valence-electron chi connectivity index (χ3n) is 3.62. The first-order valence-electron chi connectivity index (χ1n) is 7.93. The molecule has 0 unspecified atom stereocenters. The third-order valence-corrected chi connectivity index (χ3v) is 4.17. The molecule has 0 radical (unpaired) electrons. The zero-order chi connectivity index (χ0) is 20.0. The molecule has 0 bridgehead atoms. The number of hydrogen-bond acceptors (Lipinski definition) is 5. The van der Waals surface area contributed by atoms with Crippen LogP contribution in [0.25, 0.3) is 0 Å². The van der Waals surface area contributed by atoms with Crippen LogP contribution in [-0.4, -0.2) is 37.4 Å². The number of ketones is 1.